The van der Waals surface area contributed by atoms with Gasteiger partial charge in [-0.25, -0.2) is 0 Å². The Hall–Kier alpha value is -1.06. The van der Waals surface area contributed by atoms with Gasteiger partial charge in [0, 0.05) is 24.9 Å². The third kappa shape index (κ3) is 5.40. The van der Waals surface area contributed by atoms with Crippen LogP contribution in [0.25, 0.3) is 0 Å². The zero-order valence-electron chi connectivity index (χ0n) is 10.3. The topological polar surface area (TPSA) is 58.2 Å². The molecule has 88 valence electrons. The lowest BCUT2D eigenvalue weighted by atomic mass is 9.96. The van der Waals surface area contributed by atoms with E-state index in [0.717, 1.165) is 0 Å². The van der Waals surface area contributed by atoms with Gasteiger partial charge in [-0.1, -0.05) is 13.8 Å². The molecule has 0 aromatic rings. The van der Waals surface area contributed by atoms with E-state index in [2.05, 4.69) is 10.6 Å². The highest BCUT2D eigenvalue weighted by atomic mass is 16.2. The third-order valence-corrected chi connectivity index (χ3v) is 2.28. The van der Waals surface area contributed by atoms with E-state index in [0.29, 0.717) is 6.42 Å². The van der Waals surface area contributed by atoms with Gasteiger partial charge in [-0.05, 0) is 20.3 Å². The fourth-order valence-corrected chi connectivity index (χ4v) is 1.42. The molecule has 0 radical (unpaired) electrons. The fourth-order valence-electron chi connectivity index (χ4n) is 1.42. The Morgan fingerprint density at radius 1 is 1.00 bits per heavy atom. The van der Waals surface area contributed by atoms with Gasteiger partial charge < -0.3 is 10.6 Å². The summed E-state index contributed by atoms with van der Waals surface area (Å²) < 4.78 is 0. The molecule has 2 atom stereocenters. The van der Waals surface area contributed by atoms with Crippen LogP contribution in [-0.2, 0) is 9.59 Å². The summed E-state index contributed by atoms with van der Waals surface area (Å²) in [5.41, 5.74) is 0. The van der Waals surface area contributed by atoms with Crippen molar-refractivity contribution in [2.24, 2.45) is 11.8 Å². The van der Waals surface area contributed by atoms with Crippen molar-refractivity contribution in [2.75, 3.05) is 7.05 Å². The van der Waals surface area contributed by atoms with Gasteiger partial charge in [0.05, 0.1) is 0 Å². The predicted octanol–water partition coefficient (Wildman–Crippen LogP) is 0.919. The summed E-state index contributed by atoms with van der Waals surface area (Å²) in [4.78, 5) is 22.8. The first kappa shape index (κ1) is 13.9. The van der Waals surface area contributed by atoms with Crippen molar-refractivity contribution in [1.82, 2.24) is 10.6 Å². The maximum Gasteiger partial charge on any atom is 0.223 e. The summed E-state index contributed by atoms with van der Waals surface area (Å²) >= 11 is 0. The van der Waals surface area contributed by atoms with Crippen LogP contribution in [0.5, 0.6) is 0 Å². The highest BCUT2D eigenvalue weighted by molar-refractivity contribution is 5.81. The Morgan fingerprint density at radius 2 is 1.47 bits per heavy atom. The second-order valence-corrected chi connectivity index (χ2v) is 4.32. The fraction of sp³-hybridized carbons (Fsp3) is 0.818. The van der Waals surface area contributed by atoms with E-state index in [1.807, 2.05) is 27.7 Å². The van der Waals surface area contributed by atoms with Crippen molar-refractivity contribution in [3.05, 3.63) is 0 Å². The largest absolute Gasteiger partial charge is 0.359 e. The van der Waals surface area contributed by atoms with E-state index in [1.54, 1.807) is 7.05 Å². The van der Waals surface area contributed by atoms with Crippen LogP contribution in [0.15, 0.2) is 0 Å². The highest BCUT2D eigenvalue weighted by Gasteiger charge is 2.20. The molecule has 4 heteroatoms. The molecule has 15 heavy (non-hydrogen) atoms. The minimum absolute atomic E-state index is 0.0146. The van der Waals surface area contributed by atoms with Gasteiger partial charge in [0.2, 0.25) is 11.8 Å². The van der Waals surface area contributed by atoms with Crippen molar-refractivity contribution in [1.29, 1.82) is 0 Å². The first-order chi connectivity index (χ1) is 6.88. The van der Waals surface area contributed by atoms with Crippen LogP contribution in [0.4, 0.5) is 0 Å². The summed E-state index contributed by atoms with van der Waals surface area (Å²) in [6, 6.07) is 0.148. The molecule has 0 aromatic carbocycles. The van der Waals surface area contributed by atoms with Crippen LogP contribution in [-0.4, -0.2) is 24.9 Å². The molecule has 0 heterocycles. The van der Waals surface area contributed by atoms with Crippen LogP contribution >= 0.6 is 0 Å². The zero-order chi connectivity index (χ0) is 12.0. The quantitative estimate of drug-likeness (QED) is 0.715. The molecule has 2 N–H and O–H groups in total. The van der Waals surface area contributed by atoms with Crippen LogP contribution in [0.3, 0.4) is 0 Å². The lowest BCUT2D eigenvalue weighted by molar-refractivity contribution is -0.127. The normalized spacial score (nSPS) is 14.5. The number of nitrogens with one attached hydrogen (secondary N) is 2. The van der Waals surface area contributed by atoms with Gasteiger partial charge in [-0.2, -0.15) is 0 Å². The van der Waals surface area contributed by atoms with Crippen molar-refractivity contribution in [2.45, 2.75) is 40.2 Å². The summed E-state index contributed by atoms with van der Waals surface area (Å²) in [6.07, 6.45) is 0.582. The first-order valence-electron chi connectivity index (χ1n) is 5.40. The van der Waals surface area contributed by atoms with Gasteiger partial charge in [0.25, 0.3) is 0 Å². The smallest absolute Gasteiger partial charge is 0.223 e. The number of amides is 2. The zero-order valence-corrected chi connectivity index (χ0v) is 10.3. The number of carbonyl (C=O) groups is 2. The van der Waals surface area contributed by atoms with Gasteiger partial charge in [-0.15, -0.1) is 0 Å². The molecule has 0 spiro atoms. The molecule has 0 saturated carbocycles. The molecule has 0 bridgehead atoms. The van der Waals surface area contributed by atoms with Gasteiger partial charge in [0.15, 0.2) is 0 Å². The predicted molar refractivity (Wildman–Crippen MR) is 60.3 cm³/mol. The molecule has 0 fully saturated rings. The lowest BCUT2D eigenvalue weighted by Gasteiger charge is -2.17. The van der Waals surface area contributed by atoms with Crippen LogP contribution < -0.4 is 10.6 Å². The monoisotopic (exact) mass is 214 g/mol. The van der Waals surface area contributed by atoms with E-state index in [9.17, 15) is 9.59 Å². The molecule has 0 aromatic heterocycles. The molecule has 0 rings (SSSR count). The van der Waals surface area contributed by atoms with Gasteiger partial charge >= 0.3 is 0 Å². The lowest BCUT2D eigenvalue weighted by Crippen LogP contribution is -2.36. The SMILES string of the molecule is CNC(=O)C(C)CC(C)C(=O)NC(C)C. The number of rotatable bonds is 5. The number of hydrogen-bond donors (Lipinski definition) is 2. The van der Waals surface area contributed by atoms with Gasteiger partial charge in [-0.3, -0.25) is 9.59 Å². The second kappa shape index (κ2) is 6.43. The van der Waals surface area contributed by atoms with E-state index < -0.39 is 0 Å². The summed E-state index contributed by atoms with van der Waals surface area (Å²) in [6.45, 7) is 7.52. The van der Waals surface area contributed by atoms with Crippen LogP contribution in [0.1, 0.15) is 34.1 Å². The van der Waals surface area contributed by atoms with E-state index >= 15 is 0 Å². The molecule has 4 nitrogen and oxygen atoms in total. The molecule has 2 unspecified atom stereocenters. The Kier molecular flexibility index (Phi) is 5.97. The Bertz CT molecular complexity index is 227. The summed E-state index contributed by atoms with van der Waals surface area (Å²) in [5, 5.41) is 5.41. The number of hydrogen-bond acceptors (Lipinski definition) is 2. The maximum atomic E-state index is 11.6. The Labute approximate surface area is 91.8 Å². The molecular formula is C11H22N2O2. The Morgan fingerprint density at radius 3 is 1.87 bits per heavy atom. The molecule has 0 aliphatic heterocycles. The molecule has 0 aliphatic carbocycles. The first-order valence-corrected chi connectivity index (χ1v) is 5.40. The number of carbonyl (C=O) groups excluding carboxylic acids is 2. The van der Waals surface area contributed by atoms with Crippen molar-refractivity contribution in [3.8, 4) is 0 Å². The minimum atomic E-state index is -0.125. The van der Waals surface area contributed by atoms with E-state index in [1.165, 1.54) is 0 Å². The molecule has 2 amide bonds. The van der Waals surface area contributed by atoms with Gasteiger partial charge in [0.1, 0.15) is 0 Å². The maximum absolute atomic E-state index is 11.6. The Balaban J connectivity index is 4.06. The standard InChI is InChI=1S/C11H22N2O2/c1-7(2)13-11(15)9(4)6-8(3)10(14)12-5/h7-9H,6H2,1-5H3,(H,12,14)(H,13,15). The summed E-state index contributed by atoms with van der Waals surface area (Å²) in [7, 11) is 1.61. The van der Waals surface area contributed by atoms with Crippen LogP contribution in [0.2, 0.25) is 0 Å². The minimum Gasteiger partial charge on any atom is -0.359 e. The van der Waals surface area contributed by atoms with Crippen LogP contribution in [0, 0.1) is 11.8 Å². The average Bonchev–Trinajstić information content (AvgIpc) is 2.15. The second-order valence-electron chi connectivity index (χ2n) is 4.32. The van der Waals surface area contributed by atoms with Crippen molar-refractivity contribution >= 4 is 11.8 Å². The van der Waals surface area contributed by atoms with E-state index in [4.69, 9.17) is 0 Å². The highest BCUT2D eigenvalue weighted by Crippen LogP contribution is 2.12. The van der Waals surface area contributed by atoms with Crippen molar-refractivity contribution in [3.63, 3.8) is 0 Å². The molecular weight excluding hydrogens is 192 g/mol. The molecule has 0 saturated heterocycles. The average molecular weight is 214 g/mol. The third-order valence-electron chi connectivity index (χ3n) is 2.28. The molecule has 0 aliphatic rings. The van der Waals surface area contributed by atoms with Crippen molar-refractivity contribution < 1.29 is 9.59 Å². The summed E-state index contributed by atoms with van der Waals surface area (Å²) in [5.74, 6) is -0.248. The van der Waals surface area contributed by atoms with E-state index in [-0.39, 0.29) is 29.7 Å².